The van der Waals surface area contributed by atoms with Crippen molar-refractivity contribution in [3.63, 3.8) is 0 Å². The van der Waals surface area contributed by atoms with Gasteiger partial charge in [0.05, 0.1) is 6.54 Å². The Kier molecular flexibility index (Phi) is 7.64. The molecule has 0 unspecified atom stereocenters. The topological polar surface area (TPSA) is 212 Å². The first-order valence-electron chi connectivity index (χ1n) is 9.57. The highest BCUT2D eigenvalue weighted by Crippen LogP contribution is 2.16. The fourth-order valence-electron chi connectivity index (χ4n) is 2.70. The number of hydrogen-bond donors (Lipinski definition) is 4. The largest absolute Gasteiger partial charge is 0.490 e. The van der Waals surface area contributed by atoms with E-state index in [0.29, 0.717) is 11.6 Å². The Balaban J connectivity index is 1.58. The minimum absolute atomic E-state index is 0.0321. The first kappa shape index (κ1) is 24.9. The summed E-state index contributed by atoms with van der Waals surface area (Å²) in [6.07, 6.45) is 0. The average molecular weight is 512 g/mol. The zero-order valence-corrected chi connectivity index (χ0v) is 19.4. The van der Waals surface area contributed by atoms with Crippen LogP contribution in [0.1, 0.15) is 11.3 Å². The predicted octanol–water partition coefficient (Wildman–Crippen LogP) is -1.01. The van der Waals surface area contributed by atoms with Crippen LogP contribution in [0.4, 0.5) is 5.13 Å². The van der Waals surface area contributed by atoms with Crippen LogP contribution in [-0.4, -0.2) is 78.5 Å². The van der Waals surface area contributed by atoms with Crippen LogP contribution in [0.25, 0.3) is 0 Å². The molecule has 2 amide bonds. The molecule has 0 radical (unpaired) electrons. The number of benzene rings is 1. The zero-order chi connectivity index (χ0) is 24.9. The number of carbonyl (C=O) groups excluding carboxylic acids is 2. The molecule has 1 atom stereocenters. The molecule has 1 fully saturated rings. The third-order valence-corrected chi connectivity index (χ3v) is 6.01. The van der Waals surface area contributed by atoms with Crippen molar-refractivity contribution in [2.75, 3.05) is 32.5 Å². The molecule has 6 N–H and O–H groups in total. The van der Waals surface area contributed by atoms with Gasteiger partial charge in [0.1, 0.15) is 29.9 Å². The summed E-state index contributed by atoms with van der Waals surface area (Å²) in [5, 5.41) is 7.74. The summed E-state index contributed by atoms with van der Waals surface area (Å²) in [7, 11) is -3.09. The molecule has 14 nitrogen and oxygen atoms in total. The molecule has 1 aromatic heterocycles. The van der Waals surface area contributed by atoms with Gasteiger partial charge in [0.2, 0.25) is 0 Å². The van der Waals surface area contributed by atoms with Gasteiger partial charge >= 0.3 is 10.3 Å². The lowest BCUT2D eigenvalue weighted by atomic mass is 10.1. The van der Waals surface area contributed by atoms with Crippen LogP contribution < -0.4 is 21.5 Å². The van der Waals surface area contributed by atoms with Crippen molar-refractivity contribution in [3.8, 4) is 5.75 Å². The molecule has 2 aromatic rings. The van der Waals surface area contributed by atoms with E-state index in [1.54, 1.807) is 31.3 Å². The average Bonchev–Trinajstić information content (AvgIpc) is 3.22. The van der Waals surface area contributed by atoms with E-state index < -0.39 is 34.7 Å². The first-order valence-corrected chi connectivity index (χ1v) is 11.8. The zero-order valence-electron chi connectivity index (χ0n) is 17.7. The van der Waals surface area contributed by atoms with Gasteiger partial charge in [0.25, 0.3) is 11.8 Å². The van der Waals surface area contributed by atoms with E-state index in [2.05, 4.69) is 20.4 Å². The van der Waals surface area contributed by atoms with E-state index in [4.69, 9.17) is 25.6 Å². The number of rotatable bonds is 10. The number of nitrogens with zero attached hydrogens (tertiary/aromatic N) is 4. The van der Waals surface area contributed by atoms with Crippen LogP contribution in [0, 0.1) is 0 Å². The molecule has 1 saturated heterocycles. The second-order valence-electron chi connectivity index (χ2n) is 6.70. The van der Waals surface area contributed by atoms with Crippen LogP contribution in [0.3, 0.4) is 0 Å². The number of nitrogens with one attached hydrogen (secondary N) is 1. The molecule has 16 heteroatoms. The molecule has 0 spiro atoms. The molecule has 0 saturated carbocycles. The van der Waals surface area contributed by atoms with E-state index in [1.807, 2.05) is 0 Å². The van der Waals surface area contributed by atoms with E-state index in [0.717, 1.165) is 16.9 Å². The minimum atomic E-state index is -4.68. The number of ether oxygens (including phenoxy) is 1. The molecule has 2 heterocycles. The number of amides is 2. The molecule has 34 heavy (non-hydrogen) atoms. The standard InChI is InChI=1S/C18H21N7O7S2/c1-21-15(19)10-2-4-11(5-3-10)31-6-7-32-24-14(13-9-33-18(20)23-13)16(26)22-12-8-25(17(12)27)34(28,29)30/h2-5,9,12H,6-8H2,1H3,(H2,19,21)(H2,20,23)(H,22,26)(H,28,29,30)/b24-14-/t12-/m0/s1. The maximum Gasteiger partial charge on any atom is 0.362 e. The van der Waals surface area contributed by atoms with Crippen LogP contribution in [0.5, 0.6) is 5.75 Å². The highest BCUT2D eigenvalue weighted by atomic mass is 32.2. The second kappa shape index (κ2) is 10.4. The predicted molar refractivity (Wildman–Crippen MR) is 123 cm³/mol. The van der Waals surface area contributed by atoms with Gasteiger partial charge in [-0.05, 0) is 24.3 Å². The molecule has 0 aliphatic carbocycles. The molecule has 182 valence electrons. The number of amidine groups is 1. The number of oxime groups is 1. The number of aromatic nitrogens is 1. The van der Waals surface area contributed by atoms with Gasteiger partial charge in [0, 0.05) is 18.0 Å². The van der Waals surface area contributed by atoms with Crippen LogP contribution in [0.2, 0.25) is 0 Å². The molecule has 0 bridgehead atoms. The van der Waals surface area contributed by atoms with Crippen molar-refractivity contribution in [3.05, 3.63) is 40.9 Å². The Labute approximate surface area is 198 Å². The van der Waals surface area contributed by atoms with Crippen molar-refractivity contribution in [1.82, 2.24) is 14.6 Å². The molecule has 1 aliphatic heterocycles. The SMILES string of the molecule is CN=C(N)c1ccc(OCCO/N=C(\C(=O)N[C@H]2CN(S(=O)(=O)O)C2=O)c2csc(N)n2)cc1. The summed E-state index contributed by atoms with van der Waals surface area (Å²) >= 11 is 1.06. The summed E-state index contributed by atoms with van der Waals surface area (Å²) in [6, 6.07) is 5.75. The molecular weight excluding hydrogens is 490 g/mol. The van der Waals surface area contributed by atoms with Crippen molar-refractivity contribution in [1.29, 1.82) is 0 Å². The van der Waals surface area contributed by atoms with E-state index >= 15 is 0 Å². The maximum atomic E-state index is 12.6. The summed E-state index contributed by atoms with van der Waals surface area (Å²) in [5.41, 5.74) is 11.9. The summed E-state index contributed by atoms with van der Waals surface area (Å²) in [4.78, 5) is 37.5. The highest BCUT2D eigenvalue weighted by Gasteiger charge is 2.45. The fourth-order valence-corrected chi connectivity index (χ4v) is 3.94. The lowest BCUT2D eigenvalue weighted by molar-refractivity contribution is -0.139. The van der Waals surface area contributed by atoms with Gasteiger partial charge in [-0.1, -0.05) is 5.16 Å². The van der Waals surface area contributed by atoms with Crippen molar-refractivity contribution in [2.24, 2.45) is 15.9 Å². The Morgan fingerprint density at radius 1 is 1.35 bits per heavy atom. The smallest absolute Gasteiger partial charge is 0.362 e. The Bertz CT molecular complexity index is 1230. The number of β-lactam (4-membered cyclic amide) rings is 1. The molecular formula is C18H21N7O7S2. The van der Waals surface area contributed by atoms with Crippen LogP contribution >= 0.6 is 11.3 Å². The van der Waals surface area contributed by atoms with Gasteiger partial charge in [0.15, 0.2) is 17.5 Å². The summed E-state index contributed by atoms with van der Waals surface area (Å²) in [6.45, 7) is -0.354. The third-order valence-electron chi connectivity index (χ3n) is 4.45. The second-order valence-corrected chi connectivity index (χ2v) is 8.93. The van der Waals surface area contributed by atoms with Crippen molar-refractivity contribution in [2.45, 2.75) is 6.04 Å². The number of nitrogens with two attached hydrogens (primary N) is 2. The van der Waals surface area contributed by atoms with Crippen molar-refractivity contribution >= 4 is 50.1 Å². The Morgan fingerprint density at radius 2 is 2.06 bits per heavy atom. The Hall–Kier alpha value is -3.76. The molecule has 1 aliphatic rings. The van der Waals surface area contributed by atoms with E-state index in [9.17, 15) is 18.0 Å². The lowest BCUT2D eigenvalue weighted by Crippen LogP contribution is -2.65. The highest BCUT2D eigenvalue weighted by molar-refractivity contribution is 7.84. The quantitative estimate of drug-likeness (QED) is 0.0762. The number of nitrogen functional groups attached to an aromatic ring is 1. The number of anilines is 1. The van der Waals surface area contributed by atoms with Crippen LogP contribution in [-0.2, 0) is 24.7 Å². The third kappa shape index (κ3) is 5.97. The van der Waals surface area contributed by atoms with Crippen LogP contribution in [0.15, 0.2) is 39.8 Å². The lowest BCUT2D eigenvalue weighted by Gasteiger charge is -2.35. The van der Waals surface area contributed by atoms with Gasteiger partial charge in [-0.2, -0.15) is 8.42 Å². The van der Waals surface area contributed by atoms with Gasteiger partial charge in [-0.3, -0.25) is 19.1 Å². The van der Waals surface area contributed by atoms with E-state index in [1.165, 1.54) is 5.38 Å². The van der Waals surface area contributed by atoms with Gasteiger partial charge < -0.3 is 26.4 Å². The van der Waals surface area contributed by atoms with Gasteiger partial charge in [-0.25, -0.2) is 9.29 Å². The summed E-state index contributed by atoms with van der Waals surface area (Å²) in [5.74, 6) is -0.880. The Morgan fingerprint density at radius 3 is 2.62 bits per heavy atom. The molecule has 3 rings (SSSR count). The fraction of sp³-hybridized carbons (Fsp3) is 0.278. The molecule has 1 aromatic carbocycles. The van der Waals surface area contributed by atoms with Crippen molar-refractivity contribution < 1.29 is 32.1 Å². The normalized spacial score (nSPS) is 16.7. The van der Waals surface area contributed by atoms with E-state index in [-0.39, 0.29) is 34.1 Å². The number of thiazole rings is 1. The van der Waals surface area contributed by atoms with Gasteiger partial charge in [-0.15, -0.1) is 11.3 Å². The summed E-state index contributed by atoms with van der Waals surface area (Å²) < 4.78 is 36.8. The minimum Gasteiger partial charge on any atom is -0.490 e. The number of aliphatic imine (C=N–C) groups is 1. The maximum absolute atomic E-state index is 12.6. The number of carbonyl (C=O) groups is 2. The monoisotopic (exact) mass is 511 g/mol. The first-order chi connectivity index (χ1) is 16.1. The number of hydrogen-bond acceptors (Lipinski definition) is 11.